The molecule has 0 spiro atoms. The van der Waals surface area contributed by atoms with Crippen molar-refractivity contribution in [3.05, 3.63) is 17.8 Å². The molecule has 0 N–H and O–H groups in total. The van der Waals surface area contributed by atoms with Crippen LogP contribution in [0.25, 0.3) is 0 Å². The van der Waals surface area contributed by atoms with Gasteiger partial charge in [0.25, 0.3) is 0 Å². The Morgan fingerprint density at radius 2 is 1.77 bits per heavy atom. The maximum absolute atomic E-state index is 5.07. The fourth-order valence-electron chi connectivity index (χ4n) is 0.927. The first kappa shape index (κ1) is 11.8. The normalized spacial score (nSPS) is 8.38. The number of hydrogen-bond acceptors (Lipinski definition) is 3. The summed E-state index contributed by atoms with van der Waals surface area (Å²) in [6.45, 7) is 5.91. The van der Waals surface area contributed by atoms with Crippen molar-refractivity contribution < 1.29 is 9.47 Å². The van der Waals surface area contributed by atoms with E-state index in [9.17, 15) is 0 Å². The minimum absolute atomic E-state index is 0.615. The molecular formula is C10H17NO2. The largest absolute Gasteiger partial charge is 0.496 e. The highest BCUT2D eigenvalue weighted by Gasteiger charge is 2.03. The average molecular weight is 183 g/mol. The molecule has 0 aromatic carbocycles. The Bertz CT molecular complexity index is 226. The summed E-state index contributed by atoms with van der Waals surface area (Å²) >= 11 is 0. The predicted octanol–water partition coefficient (Wildman–Crippen LogP) is 2.43. The SMILES string of the molecule is CC.COc1ccnc(OC)c1C. The molecule has 0 fully saturated rings. The highest BCUT2D eigenvalue weighted by molar-refractivity contribution is 5.37. The molecule has 1 heterocycles. The van der Waals surface area contributed by atoms with Crippen LogP contribution in [-0.2, 0) is 0 Å². The van der Waals surface area contributed by atoms with Gasteiger partial charge in [0.1, 0.15) is 5.75 Å². The van der Waals surface area contributed by atoms with E-state index in [4.69, 9.17) is 9.47 Å². The molecule has 74 valence electrons. The van der Waals surface area contributed by atoms with Crippen molar-refractivity contribution in [2.75, 3.05) is 14.2 Å². The second-order valence-corrected chi connectivity index (χ2v) is 2.15. The van der Waals surface area contributed by atoms with E-state index >= 15 is 0 Å². The number of nitrogens with zero attached hydrogens (tertiary/aromatic N) is 1. The molecule has 3 heteroatoms. The first-order chi connectivity index (χ1) is 6.29. The van der Waals surface area contributed by atoms with Crippen LogP contribution in [0.5, 0.6) is 11.6 Å². The highest BCUT2D eigenvalue weighted by Crippen LogP contribution is 2.23. The van der Waals surface area contributed by atoms with Crippen LogP contribution in [0.1, 0.15) is 19.4 Å². The Morgan fingerprint density at radius 1 is 1.15 bits per heavy atom. The molecule has 0 amide bonds. The predicted molar refractivity (Wildman–Crippen MR) is 53.4 cm³/mol. The molecule has 3 nitrogen and oxygen atoms in total. The molecule has 0 bridgehead atoms. The molecular weight excluding hydrogens is 166 g/mol. The smallest absolute Gasteiger partial charge is 0.219 e. The van der Waals surface area contributed by atoms with E-state index < -0.39 is 0 Å². The number of rotatable bonds is 2. The lowest BCUT2D eigenvalue weighted by Gasteiger charge is -2.06. The Hall–Kier alpha value is -1.25. The quantitative estimate of drug-likeness (QED) is 0.705. The first-order valence-corrected chi connectivity index (χ1v) is 4.33. The van der Waals surface area contributed by atoms with Crippen LogP contribution in [0.2, 0.25) is 0 Å². The standard InChI is InChI=1S/C8H11NO2.C2H6/c1-6-7(10-2)4-5-9-8(6)11-3;1-2/h4-5H,1-3H3;1-2H3. The Kier molecular flexibility index (Phi) is 5.68. The van der Waals surface area contributed by atoms with Crippen molar-refractivity contribution in [2.24, 2.45) is 0 Å². The monoisotopic (exact) mass is 183 g/mol. The molecule has 0 unspecified atom stereocenters. The third-order valence-electron chi connectivity index (χ3n) is 1.52. The van der Waals surface area contributed by atoms with E-state index in [1.54, 1.807) is 26.5 Å². The Morgan fingerprint density at radius 3 is 2.23 bits per heavy atom. The van der Waals surface area contributed by atoms with Crippen LogP contribution in [-0.4, -0.2) is 19.2 Å². The molecule has 0 aliphatic heterocycles. The summed E-state index contributed by atoms with van der Waals surface area (Å²) in [6, 6.07) is 1.80. The van der Waals surface area contributed by atoms with Gasteiger partial charge in [-0.25, -0.2) is 4.98 Å². The Balaban J connectivity index is 0.000000671. The van der Waals surface area contributed by atoms with Crippen LogP contribution < -0.4 is 9.47 Å². The van der Waals surface area contributed by atoms with E-state index in [-0.39, 0.29) is 0 Å². The molecule has 0 saturated heterocycles. The van der Waals surface area contributed by atoms with E-state index in [2.05, 4.69) is 4.98 Å². The van der Waals surface area contributed by atoms with Crippen LogP contribution in [0.4, 0.5) is 0 Å². The number of methoxy groups -OCH3 is 2. The van der Waals surface area contributed by atoms with Crippen LogP contribution in [0.15, 0.2) is 12.3 Å². The molecule has 1 aromatic heterocycles. The van der Waals surface area contributed by atoms with Gasteiger partial charge in [0.05, 0.1) is 19.8 Å². The highest BCUT2D eigenvalue weighted by atomic mass is 16.5. The summed E-state index contributed by atoms with van der Waals surface area (Å²) in [5.74, 6) is 1.42. The maximum atomic E-state index is 5.07. The van der Waals surface area contributed by atoms with Gasteiger partial charge >= 0.3 is 0 Å². The number of pyridine rings is 1. The first-order valence-electron chi connectivity index (χ1n) is 4.33. The Labute approximate surface area is 79.7 Å². The average Bonchev–Trinajstić information content (AvgIpc) is 2.21. The minimum Gasteiger partial charge on any atom is -0.496 e. The zero-order valence-corrected chi connectivity index (χ0v) is 8.92. The summed E-state index contributed by atoms with van der Waals surface area (Å²) in [5.41, 5.74) is 0.928. The van der Waals surface area contributed by atoms with Crippen molar-refractivity contribution in [1.82, 2.24) is 4.98 Å². The number of aromatic nitrogens is 1. The molecule has 0 aliphatic carbocycles. The van der Waals surface area contributed by atoms with Gasteiger partial charge in [-0.1, -0.05) is 13.8 Å². The molecule has 0 atom stereocenters. The molecule has 1 rings (SSSR count). The van der Waals surface area contributed by atoms with Crippen LogP contribution in [0, 0.1) is 6.92 Å². The van der Waals surface area contributed by atoms with E-state index in [1.165, 1.54) is 0 Å². The van der Waals surface area contributed by atoms with Gasteiger partial charge in [-0.05, 0) is 13.0 Å². The summed E-state index contributed by atoms with van der Waals surface area (Å²) in [7, 11) is 3.22. The molecule has 0 radical (unpaired) electrons. The van der Waals surface area contributed by atoms with Gasteiger partial charge < -0.3 is 9.47 Å². The van der Waals surface area contributed by atoms with Crippen LogP contribution in [0.3, 0.4) is 0 Å². The maximum Gasteiger partial charge on any atom is 0.219 e. The zero-order chi connectivity index (χ0) is 10.3. The second-order valence-electron chi connectivity index (χ2n) is 2.15. The van der Waals surface area contributed by atoms with Gasteiger partial charge in [0, 0.05) is 6.20 Å². The van der Waals surface area contributed by atoms with Gasteiger partial charge in [0.2, 0.25) is 5.88 Å². The molecule has 13 heavy (non-hydrogen) atoms. The fraction of sp³-hybridized carbons (Fsp3) is 0.500. The van der Waals surface area contributed by atoms with Gasteiger partial charge in [-0.2, -0.15) is 0 Å². The van der Waals surface area contributed by atoms with Crippen molar-refractivity contribution in [1.29, 1.82) is 0 Å². The number of ether oxygens (including phenoxy) is 2. The van der Waals surface area contributed by atoms with Gasteiger partial charge in [-0.3, -0.25) is 0 Å². The van der Waals surface area contributed by atoms with Crippen molar-refractivity contribution in [3.63, 3.8) is 0 Å². The lowest BCUT2D eigenvalue weighted by Crippen LogP contribution is -1.93. The number of hydrogen-bond donors (Lipinski definition) is 0. The zero-order valence-electron chi connectivity index (χ0n) is 8.92. The van der Waals surface area contributed by atoms with Crippen molar-refractivity contribution >= 4 is 0 Å². The van der Waals surface area contributed by atoms with Crippen molar-refractivity contribution in [2.45, 2.75) is 20.8 Å². The fourth-order valence-corrected chi connectivity index (χ4v) is 0.927. The lowest BCUT2D eigenvalue weighted by molar-refractivity contribution is 0.376. The van der Waals surface area contributed by atoms with Gasteiger partial charge in [0.15, 0.2) is 0 Å². The van der Waals surface area contributed by atoms with Crippen molar-refractivity contribution in [3.8, 4) is 11.6 Å². The lowest BCUT2D eigenvalue weighted by atomic mass is 10.3. The van der Waals surface area contributed by atoms with Gasteiger partial charge in [-0.15, -0.1) is 0 Å². The molecule has 0 aliphatic rings. The molecule has 0 saturated carbocycles. The van der Waals surface area contributed by atoms with E-state index in [0.29, 0.717) is 5.88 Å². The summed E-state index contributed by atoms with van der Waals surface area (Å²) in [5, 5.41) is 0. The minimum atomic E-state index is 0.615. The van der Waals surface area contributed by atoms with E-state index in [0.717, 1.165) is 11.3 Å². The summed E-state index contributed by atoms with van der Waals surface area (Å²) in [6.07, 6.45) is 1.66. The van der Waals surface area contributed by atoms with Crippen LogP contribution >= 0.6 is 0 Å². The topological polar surface area (TPSA) is 31.4 Å². The third-order valence-corrected chi connectivity index (χ3v) is 1.52. The second kappa shape index (κ2) is 6.29. The van der Waals surface area contributed by atoms with E-state index in [1.807, 2.05) is 20.8 Å². The third kappa shape index (κ3) is 2.93. The summed E-state index contributed by atoms with van der Waals surface area (Å²) in [4.78, 5) is 4.00. The summed E-state index contributed by atoms with van der Waals surface area (Å²) < 4.78 is 10.1. The molecule has 1 aromatic rings.